The molecular formula is C13H16N4O3S2. The van der Waals surface area contributed by atoms with Gasteiger partial charge in [-0.2, -0.15) is 0 Å². The van der Waals surface area contributed by atoms with Gasteiger partial charge in [-0.1, -0.05) is 11.3 Å². The minimum absolute atomic E-state index is 0.0913. The molecule has 2 N–H and O–H groups in total. The lowest BCUT2D eigenvalue weighted by molar-refractivity contribution is 0.102. The van der Waals surface area contributed by atoms with Crippen molar-refractivity contribution in [3.05, 3.63) is 33.8 Å². The van der Waals surface area contributed by atoms with Gasteiger partial charge in [0.15, 0.2) is 0 Å². The van der Waals surface area contributed by atoms with Gasteiger partial charge in [0.25, 0.3) is 5.91 Å². The first kappa shape index (κ1) is 16.5. The molecule has 1 heterocycles. The number of aryl methyl sites for hydroxylation is 2. The number of anilines is 1. The number of hydrogen-bond acceptors (Lipinski definition) is 6. The van der Waals surface area contributed by atoms with E-state index in [-0.39, 0.29) is 10.5 Å². The standard InChI is InChI=1S/C13H16N4O3S2/c1-7-5-10(6-11(8(7)2)22(19,20)14-4)12(18)15-13-17-16-9(3)21-13/h5-6,14H,1-4H3,(H,15,17,18). The highest BCUT2D eigenvalue weighted by atomic mass is 32.2. The zero-order valence-electron chi connectivity index (χ0n) is 12.6. The number of nitrogens with zero attached hydrogens (tertiary/aromatic N) is 2. The van der Waals surface area contributed by atoms with Gasteiger partial charge in [0.1, 0.15) is 5.01 Å². The highest BCUT2D eigenvalue weighted by molar-refractivity contribution is 7.89. The summed E-state index contributed by atoms with van der Waals surface area (Å²) in [4.78, 5) is 12.4. The van der Waals surface area contributed by atoms with Crippen molar-refractivity contribution < 1.29 is 13.2 Å². The van der Waals surface area contributed by atoms with E-state index >= 15 is 0 Å². The second kappa shape index (κ2) is 6.11. The molecule has 2 aromatic rings. The number of nitrogens with one attached hydrogen (secondary N) is 2. The van der Waals surface area contributed by atoms with E-state index in [0.29, 0.717) is 10.7 Å². The van der Waals surface area contributed by atoms with Gasteiger partial charge in [0, 0.05) is 5.56 Å². The molecule has 1 aromatic heterocycles. The number of rotatable bonds is 4. The first-order valence-corrected chi connectivity index (χ1v) is 8.71. The van der Waals surface area contributed by atoms with Gasteiger partial charge in [0.05, 0.1) is 4.90 Å². The maximum Gasteiger partial charge on any atom is 0.257 e. The third kappa shape index (κ3) is 3.32. The fraction of sp³-hybridized carbons (Fsp3) is 0.308. The summed E-state index contributed by atoms with van der Waals surface area (Å²) in [6.45, 7) is 5.24. The second-order valence-electron chi connectivity index (χ2n) is 4.70. The molecule has 0 saturated carbocycles. The fourth-order valence-electron chi connectivity index (χ4n) is 1.86. The van der Waals surface area contributed by atoms with Gasteiger partial charge in [0.2, 0.25) is 15.2 Å². The smallest absolute Gasteiger partial charge is 0.257 e. The Hall–Kier alpha value is -1.84. The third-order valence-corrected chi connectivity index (χ3v) is 5.48. The van der Waals surface area contributed by atoms with Crippen LogP contribution in [0.1, 0.15) is 26.5 Å². The number of benzene rings is 1. The quantitative estimate of drug-likeness (QED) is 0.881. The molecule has 118 valence electrons. The Bertz CT molecular complexity index is 828. The van der Waals surface area contributed by atoms with E-state index in [2.05, 4.69) is 20.2 Å². The van der Waals surface area contributed by atoms with Crippen LogP contribution in [0.15, 0.2) is 17.0 Å². The molecule has 0 aliphatic carbocycles. The minimum atomic E-state index is -3.63. The summed E-state index contributed by atoms with van der Waals surface area (Å²) in [7, 11) is -2.30. The molecule has 7 nitrogen and oxygen atoms in total. The van der Waals surface area contributed by atoms with Crippen molar-refractivity contribution in [3.8, 4) is 0 Å². The van der Waals surface area contributed by atoms with Crippen LogP contribution in [0.2, 0.25) is 0 Å². The minimum Gasteiger partial charge on any atom is -0.296 e. The average Bonchev–Trinajstić information content (AvgIpc) is 2.86. The summed E-state index contributed by atoms with van der Waals surface area (Å²) in [5, 5.41) is 11.3. The zero-order chi connectivity index (χ0) is 16.5. The number of carbonyl (C=O) groups excluding carboxylic acids is 1. The molecule has 0 spiro atoms. The van der Waals surface area contributed by atoms with E-state index in [4.69, 9.17) is 0 Å². The summed E-state index contributed by atoms with van der Waals surface area (Å²) in [5.41, 5.74) is 1.58. The van der Waals surface area contributed by atoms with Crippen molar-refractivity contribution in [1.82, 2.24) is 14.9 Å². The van der Waals surface area contributed by atoms with Gasteiger partial charge < -0.3 is 0 Å². The normalized spacial score (nSPS) is 11.5. The van der Waals surface area contributed by atoms with Crippen molar-refractivity contribution in [2.75, 3.05) is 12.4 Å². The van der Waals surface area contributed by atoms with Crippen LogP contribution in [0.4, 0.5) is 5.13 Å². The molecule has 1 amide bonds. The van der Waals surface area contributed by atoms with Crippen LogP contribution in [-0.2, 0) is 10.0 Å². The Kier molecular flexibility index (Phi) is 4.59. The monoisotopic (exact) mass is 340 g/mol. The first-order valence-electron chi connectivity index (χ1n) is 6.41. The van der Waals surface area contributed by atoms with Crippen molar-refractivity contribution in [2.24, 2.45) is 0 Å². The van der Waals surface area contributed by atoms with E-state index in [1.807, 2.05) is 0 Å². The summed E-state index contributed by atoms with van der Waals surface area (Å²) < 4.78 is 26.4. The van der Waals surface area contributed by atoms with Crippen LogP contribution in [0, 0.1) is 20.8 Å². The average molecular weight is 340 g/mol. The summed E-state index contributed by atoms with van der Waals surface area (Å²) in [6.07, 6.45) is 0. The summed E-state index contributed by atoms with van der Waals surface area (Å²) in [5.74, 6) is -0.424. The molecule has 0 aliphatic rings. The molecule has 1 aromatic carbocycles. The van der Waals surface area contributed by atoms with Gasteiger partial charge in [-0.05, 0) is 51.1 Å². The van der Waals surface area contributed by atoms with Crippen LogP contribution in [-0.4, -0.2) is 31.6 Å². The molecule has 0 saturated heterocycles. The number of sulfonamides is 1. The molecule has 0 fully saturated rings. The largest absolute Gasteiger partial charge is 0.296 e. The Labute approximate surface area is 132 Å². The van der Waals surface area contributed by atoms with Crippen LogP contribution in [0.5, 0.6) is 0 Å². The third-order valence-electron chi connectivity index (χ3n) is 3.19. The molecule has 0 bridgehead atoms. The van der Waals surface area contributed by atoms with E-state index in [9.17, 15) is 13.2 Å². The lowest BCUT2D eigenvalue weighted by Gasteiger charge is -2.11. The maximum atomic E-state index is 12.3. The van der Waals surface area contributed by atoms with Gasteiger partial charge in [-0.25, -0.2) is 13.1 Å². The zero-order valence-corrected chi connectivity index (χ0v) is 14.2. The predicted molar refractivity (Wildman–Crippen MR) is 84.8 cm³/mol. The van der Waals surface area contributed by atoms with E-state index < -0.39 is 15.9 Å². The number of carbonyl (C=O) groups is 1. The van der Waals surface area contributed by atoms with E-state index in [0.717, 1.165) is 10.6 Å². The van der Waals surface area contributed by atoms with E-state index in [1.54, 1.807) is 26.8 Å². The Morgan fingerprint density at radius 3 is 2.41 bits per heavy atom. The Balaban J connectivity index is 2.41. The Morgan fingerprint density at radius 1 is 1.18 bits per heavy atom. The molecule has 0 aliphatic heterocycles. The van der Waals surface area contributed by atoms with Gasteiger partial charge in [-0.3, -0.25) is 10.1 Å². The number of amides is 1. The van der Waals surface area contributed by atoms with Crippen molar-refractivity contribution in [3.63, 3.8) is 0 Å². The van der Waals surface area contributed by atoms with Crippen molar-refractivity contribution >= 4 is 32.4 Å². The van der Waals surface area contributed by atoms with E-state index in [1.165, 1.54) is 24.5 Å². The van der Waals surface area contributed by atoms with Crippen molar-refractivity contribution in [2.45, 2.75) is 25.7 Å². The summed E-state index contributed by atoms with van der Waals surface area (Å²) >= 11 is 1.25. The molecule has 0 radical (unpaired) electrons. The molecule has 22 heavy (non-hydrogen) atoms. The molecular weight excluding hydrogens is 324 g/mol. The maximum absolute atomic E-state index is 12.3. The second-order valence-corrected chi connectivity index (χ2v) is 7.74. The lowest BCUT2D eigenvalue weighted by Crippen LogP contribution is -2.21. The van der Waals surface area contributed by atoms with Crippen LogP contribution in [0.3, 0.4) is 0 Å². The van der Waals surface area contributed by atoms with Crippen LogP contribution >= 0.6 is 11.3 Å². The molecule has 9 heteroatoms. The predicted octanol–water partition coefficient (Wildman–Crippen LogP) is 1.62. The van der Waals surface area contributed by atoms with Gasteiger partial charge in [-0.15, -0.1) is 10.2 Å². The van der Waals surface area contributed by atoms with Crippen LogP contribution < -0.4 is 10.0 Å². The fourth-order valence-corrected chi connectivity index (χ4v) is 3.52. The number of hydrogen-bond donors (Lipinski definition) is 2. The van der Waals surface area contributed by atoms with Gasteiger partial charge >= 0.3 is 0 Å². The topological polar surface area (TPSA) is 101 Å². The molecule has 2 rings (SSSR count). The highest BCUT2D eigenvalue weighted by Gasteiger charge is 2.19. The molecule has 0 atom stereocenters. The SMILES string of the molecule is CNS(=O)(=O)c1cc(C(=O)Nc2nnc(C)s2)cc(C)c1C. The summed E-state index contributed by atoms with van der Waals surface area (Å²) in [6, 6.07) is 3.00. The number of aromatic nitrogens is 2. The first-order chi connectivity index (χ1) is 10.2. The van der Waals surface area contributed by atoms with Crippen LogP contribution in [0.25, 0.3) is 0 Å². The highest BCUT2D eigenvalue weighted by Crippen LogP contribution is 2.22. The Morgan fingerprint density at radius 2 is 1.86 bits per heavy atom. The van der Waals surface area contributed by atoms with Crippen molar-refractivity contribution in [1.29, 1.82) is 0 Å². The molecule has 0 unspecified atom stereocenters. The lowest BCUT2D eigenvalue weighted by atomic mass is 10.1.